The first-order chi connectivity index (χ1) is 7.39. The number of carboxylic acid groups (broad SMARTS) is 1. The van der Waals surface area contributed by atoms with Crippen molar-refractivity contribution >= 4 is 11.7 Å². The van der Waals surface area contributed by atoms with Gasteiger partial charge in [-0.25, -0.2) is 4.79 Å². The van der Waals surface area contributed by atoms with Gasteiger partial charge in [-0.3, -0.25) is 0 Å². The Bertz CT molecular complexity index is 438. The maximum absolute atomic E-state index is 10.9. The maximum Gasteiger partial charge on any atom is 0.335 e. The molecule has 0 radical (unpaired) electrons. The monoisotopic (exact) mass is 219 g/mol. The molecule has 3 heteroatoms. The summed E-state index contributed by atoms with van der Waals surface area (Å²) in [5.74, 6) is -0.467. The molecule has 1 heterocycles. The van der Waals surface area contributed by atoms with Crippen LogP contribution in [0.3, 0.4) is 0 Å². The maximum atomic E-state index is 10.9. The number of aromatic carboxylic acids is 1. The molecule has 0 fully saturated rings. The molecule has 16 heavy (non-hydrogen) atoms. The molecule has 0 amide bonds. The van der Waals surface area contributed by atoms with Gasteiger partial charge in [0.25, 0.3) is 0 Å². The highest BCUT2D eigenvalue weighted by Gasteiger charge is 2.29. The predicted octanol–water partition coefficient (Wildman–Crippen LogP) is 3.08. The van der Waals surface area contributed by atoms with Crippen molar-refractivity contribution in [2.45, 2.75) is 38.6 Å². The van der Waals surface area contributed by atoms with E-state index in [0.29, 0.717) is 11.5 Å². The summed E-state index contributed by atoms with van der Waals surface area (Å²) in [6.07, 6.45) is 1.02. The molecule has 0 saturated heterocycles. The van der Waals surface area contributed by atoms with E-state index in [4.69, 9.17) is 5.11 Å². The minimum absolute atomic E-state index is 0.0805. The second-order valence-corrected chi connectivity index (χ2v) is 5.22. The lowest BCUT2D eigenvalue weighted by atomic mass is 9.81. The van der Waals surface area contributed by atoms with Crippen LogP contribution in [0.15, 0.2) is 18.2 Å². The van der Waals surface area contributed by atoms with Crippen molar-refractivity contribution < 1.29 is 9.90 Å². The summed E-state index contributed by atoms with van der Waals surface area (Å²) in [6.45, 7) is 6.47. The molecule has 0 aliphatic carbocycles. The van der Waals surface area contributed by atoms with Crippen LogP contribution >= 0.6 is 0 Å². The smallest absolute Gasteiger partial charge is 0.335 e. The van der Waals surface area contributed by atoms with Gasteiger partial charge in [-0.2, -0.15) is 0 Å². The van der Waals surface area contributed by atoms with Crippen molar-refractivity contribution in [2.24, 2.45) is 0 Å². The molecular weight excluding hydrogens is 202 g/mol. The number of hydrogen-bond donors (Lipinski definition) is 2. The van der Waals surface area contributed by atoms with Gasteiger partial charge in [-0.05, 0) is 49.9 Å². The molecule has 1 aromatic carbocycles. The highest BCUT2D eigenvalue weighted by Crippen LogP contribution is 2.38. The first-order valence-corrected chi connectivity index (χ1v) is 5.54. The molecule has 86 valence electrons. The summed E-state index contributed by atoms with van der Waals surface area (Å²) < 4.78 is 0. The fourth-order valence-corrected chi connectivity index (χ4v) is 2.51. The topological polar surface area (TPSA) is 49.3 Å². The third kappa shape index (κ3) is 1.90. The van der Waals surface area contributed by atoms with Crippen molar-refractivity contribution in [1.29, 1.82) is 0 Å². The number of benzene rings is 1. The average molecular weight is 219 g/mol. The van der Waals surface area contributed by atoms with Crippen molar-refractivity contribution in [3.8, 4) is 0 Å². The Morgan fingerprint density at radius 3 is 2.81 bits per heavy atom. The van der Waals surface area contributed by atoms with E-state index in [1.54, 1.807) is 12.1 Å². The van der Waals surface area contributed by atoms with Crippen molar-refractivity contribution in [3.05, 3.63) is 29.3 Å². The van der Waals surface area contributed by atoms with Gasteiger partial charge in [0.05, 0.1) is 5.56 Å². The zero-order valence-corrected chi connectivity index (χ0v) is 9.87. The molecule has 1 atom stereocenters. The molecule has 1 unspecified atom stereocenters. The van der Waals surface area contributed by atoms with E-state index >= 15 is 0 Å². The Kier molecular flexibility index (Phi) is 2.41. The molecule has 0 saturated carbocycles. The molecule has 2 N–H and O–H groups in total. The predicted molar refractivity (Wildman–Crippen MR) is 64.1 cm³/mol. The fraction of sp³-hybridized carbons (Fsp3) is 0.462. The van der Waals surface area contributed by atoms with Crippen LogP contribution in [0.4, 0.5) is 5.69 Å². The van der Waals surface area contributed by atoms with Gasteiger partial charge in [0.1, 0.15) is 0 Å². The quantitative estimate of drug-likeness (QED) is 0.763. The lowest BCUT2D eigenvalue weighted by Gasteiger charge is -2.37. The van der Waals surface area contributed by atoms with Crippen LogP contribution in [0, 0.1) is 0 Å². The second-order valence-electron chi connectivity index (χ2n) is 5.22. The Morgan fingerprint density at radius 2 is 2.19 bits per heavy atom. The third-order valence-electron chi connectivity index (χ3n) is 3.12. The number of nitrogens with one attached hydrogen (secondary N) is 1. The zero-order chi connectivity index (χ0) is 11.9. The van der Waals surface area contributed by atoms with Crippen LogP contribution in [-0.2, 0) is 0 Å². The van der Waals surface area contributed by atoms with E-state index in [2.05, 4.69) is 26.1 Å². The van der Waals surface area contributed by atoms with Gasteiger partial charge in [-0.15, -0.1) is 0 Å². The summed E-state index contributed by atoms with van der Waals surface area (Å²) in [6, 6.07) is 5.31. The normalized spacial score (nSPS) is 22.1. The second kappa shape index (κ2) is 3.51. The van der Waals surface area contributed by atoms with Gasteiger partial charge in [0.2, 0.25) is 0 Å². The Hall–Kier alpha value is -1.51. The molecule has 2 rings (SSSR count). The van der Waals surface area contributed by atoms with Gasteiger partial charge >= 0.3 is 5.97 Å². The minimum Gasteiger partial charge on any atom is -0.478 e. The van der Waals surface area contributed by atoms with Crippen LogP contribution in [0.2, 0.25) is 0 Å². The molecule has 3 nitrogen and oxygen atoms in total. The molecule has 1 aliphatic heterocycles. The van der Waals surface area contributed by atoms with Crippen LogP contribution in [0.1, 0.15) is 49.0 Å². The first kappa shape index (κ1) is 11.0. The van der Waals surface area contributed by atoms with E-state index in [9.17, 15) is 4.79 Å². The number of rotatable bonds is 1. The van der Waals surface area contributed by atoms with Gasteiger partial charge < -0.3 is 10.4 Å². The average Bonchev–Trinajstić information content (AvgIpc) is 2.15. The lowest BCUT2D eigenvalue weighted by molar-refractivity contribution is 0.0697. The highest BCUT2D eigenvalue weighted by molar-refractivity contribution is 5.88. The Balaban J connectivity index is 2.45. The standard InChI is InChI=1S/C13H17NO2/c1-8-7-13(2,3)14-11-5-4-9(12(15)16)6-10(8)11/h4-6,8,14H,7H2,1-3H3,(H,15,16). The first-order valence-electron chi connectivity index (χ1n) is 5.54. The van der Waals surface area contributed by atoms with Crippen LogP contribution in [0.25, 0.3) is 0 Å². The number of carbonyl (C=O) groups is 1. The largest absolute Gasteiger partial charge is 0.478 e. The van der Waals surface area contributed by atoms with E-state index in [1.165, 1.54) is 0 Å². The molecule has 1 aliphatic rings. The van der Waals surface area contributed by atoms with Gasteiger partial charge in [-0.1, -0.05) is 6.92 Å². The van der Waals surface area contributed by atoms with Crippen molar-refractivity contribution in [1.82, 2.24) is 0 Å². The number of fused-ring (bicyclic) bond motifs is 1. The SMILES string of the molecule is CC1CC(C)(C)Nc2ccc(C(=O)O)cc21. The molecule has 0 spiro atoms. The highest BCUT2D eigenvalue weighted by atomic mass is 16.4. The fourth-order valence-electron chi connectivity index (χ4n) is 2.51. The number of hydrogen-bond acceptors (Lipinski definition) is 2. The molecule has 0 aromatic heterocycles. The van der Waals surface area contributed by atoms with Crippen molar-refractivity contribution in [2.75, 3.05) is 5.32 Å². The van der Waals surface area contributed by atoms with Crippen LogP contribution < -0.4 is 5.32 Å². The summed E-state index contributed by atoms with van der Waals surface area (Å²) in [7, 11) is 0. The van der Waals surface area contributed by atoms with Gasteiger partial charge in [0, 0.05) is 11.2 Å². The van der Waals surface area contributed by atoms with Crippen LogP contribution in [-0.4, -0.2) is 16.6 Å². The molecule has 0 bridgehead atoms. The van der Waals surface area contributed by atoms with Crippen molar-refractivity contribution in [3.63, 3.8) is 0 Å². The summed E-state index contributed by atoms with van der Waals surface area (Å²) >= 11 is 0. The zero-order valence-electron chi connectivity index (χ0n) is 9.87. The Labute approximate surface area is 95.5 Å². The summed E-state index contributed by atoms with van der Waals surface area (Å²) in [4.78, 5) is 10.9. The Morgan fingerprint density at radius 1 is 1.50 bits per heavy atom. The minimum atomic E-state index is -0.861. The van der Waals surface area contributed by atoms with E-state index in [1.807, 2.05) is 6.07 Å². The number of carboxylic acids is 1. The summed E-state index contributed by atoms with van der Waals surface area (Å²) in [5, 5.41) is 12.4. The van der Waals surface area contributed by atoms with E-state index in [-0.39, 0.29) is 5.54 Å². The lowest BCUT2D eigenvalue weighted by Crippen LogP contribution is -2.36. The van der Waals surface area contributed by atoms with Crippen LogP contribution in [0.5, 0.6) is 0 Å². The third-order valence-corrected chi connectivity index (χ3v) is 3.12. The van der Waals surface area contributed by atoms with E-state index in [0.717, 1.165) is 17.7 Å². The van der Waals surface area contributed by atoms with Gasteiger partial charge in [0.15, 0.2) is 0 Å². The van der Waals surface area contributed by atoms with E-state index < -0.39 is 5.97 Å². The number of anilines is 1. The summed E-state index contributed by atoms with van der Waals surface area (Å²) in [5.41, 5.74) is 2.62. The molecule has 1 aromatic rings. The molecular formula is C13H17NO2.